The van der Waals surface area contributed by atoms with Gasteiger partial charge in [-0.1, -0.05) is 6.92 Å². The summed E-state index contributed by atoms with van der Waals surface area (Å²) in [6.45, 7) is 12.6. The van der Waals surface area contributed by atoms with Gasteiger partial charge < -0.3 is 4.90 Å². The van der Waals surface area contributed by atoms with E-state index >= 15 is 0 Å². The van der Waals surface area contributed by atoms with Crippen molar-refractivity contribution in [3.8, 4) is 0 Å². The predicted molar refractivity (Wildman–Crippen MR) is 61.4 cm³/mol. The zero-order valence-corrected chi connectivity index (χ0v) is 9.98. The van der Waals surface area contributed by atoms with E-state index in [0.717, 1.165) is 13.1 Å². The van der Waals surface area contributed by atoms with Gasteiger partial charge in [0.05, 0.1) is 4.87 Å². The van der Waals surface area contributed by atoms with E-state index in [4.69, 9.17) is 0 Å². The van der Waals surface area contributed by atoms with Gasteiger partial charge in [0, 0.05) is 26.2 Å². The van der Waals surface area contributed by atoms with Gasteiger partial charge in [0.15, 0.2) is 0 Å². The predicted octanol–water partition coefficient (Wildman–Crippen LogP) is 1.68. The summed E-state index contributed by atoms with van der Waals surface area (Å²) in [6, 6.07) is 0. The highest BCUT2D eigenvalue weighted by molar-refractivity contribution is 7.81. The third-order valence-corrected chi connectivity index (χ3v) is 2.97. The van der Waals surface area contributed by atoms with Gasteiger partial charge >= 0.3 is 0 Å². The molecular formula is C10H22N2S. The van der Waals surface area contributed by atoms with E-state index < -0.39 is 0 Å². The van der Waals surface area contributed by atoms with Gasteiger partial charge in [0.25, 0.3) is 0 Å². The molecule has 0 N–H and O–H groups in total. The second kappa shape index (κ2) is 4.67. The minimum atomic E-state index is 0.0539. The quantitative estimate of drug-likeness (QED) is 0.696. The Balaban J connectivity index is 2.30. The Bertz CT molecular complexity index is 145. The lowest BCUT2D eigenvalue weighted by Crippen LogP contribution is -2.52. The second-order valence-electron chi connectivity index (χ2n) is 4.32. The molecule has 0 aromatic carbocycles. The molecule has 0 amide bonds. The Labute approximate surface area is 87.7 Å². The van der Waals surface area contributed by atoms with Crippen molar-refractivity contribution in [3.05, 3.63) is 0 Å². The fraction of sp³-hybridized carbons (Fsp3) is 1.00. The number of rotatable bonds is 3. The molecule has 1 aliphatic heterocycles. The number of thiol groups is 1. The third kappa shape index (κ3) is 3.49. The first-order valence-corrected chi connectivity index (χ1v) is 5.68. The smallest absolute Gasteiger partial charge is 0.0584 e. The lowest BCUT2D eigenvalue weighted by molar-refractivity contribution is 0.0963. The molecule has 0 saturated carbocycles. The van der Waals surface area contributed by atoms with Gasteiger partial charge in [-0.25, -0.2) is 0 Å². The molecule has 1 rings (SSSR count). The van der Waals surface area contributed by atoms with Crippen LogP contribution >= 0.6 is 12.6 Å². The number of hydrogen-bond acceptors (Lipinski definition) is 3. The molecule has 2 nitrogen and oxygen atoms in total. The van der Waals surface area contributed by atoms with Gasteiger partial charge in [-0.2, -0.15) is 12.6 Å². The van der Waals surface area contributed by atoms with Crippen molar-refractivity contribution < 1.29 is 0 Å². The van der Waals surface area contributed by atoms with Crippen LogP contribution in [0.2, 0.25) is 0 Å². The van der Waals surface area contributed by atoms with E-state index in [1.54, 1.807) is 0 Å². The fourth-order valence-corrected chi connectivity index (χ4v) is 2.03. The van der Waals surface area contributed by atoms with Crippen LogP contribution in [-0.2, 0) is 0 Å². The summed E-state index contributed by atoms with van der Waals surface area (Å²) >= 11 is 4.59. The minimum absolute atomic E-state index is 0.0539. The minimum Gasteiger partial charge on any atom is -0.301 e. The van der Waals surface area contributed by atoms with Crippen molar-refractivity contribution in [1.29, 1.82) is 0 Å². The average molecular weight is 202 g/mol. The Kier molecular flexibility index (Phi) is 4.07. The first-order chi connectivity index (χ1) is 6.04. The lowest BCUT2D eigenvalue weighted by atomic mass is 10.2. The average Bonchev–Trinajstić information content (AvgIpc) is 2.04. The Morgan fingerprint density at radius 3 is 2.08 bits per heavy atom. The fourth-order valence-electron chi connectivity index (χ4n) is 1.83. The molecule has 0 aromatic rings. The Morgan fingerprint density at radius 2 is 1.69 bits per heavy atom. The highest BCUT2D eigenvalue weighted by Gasteiger charge is 2.25. The van der Waals surface area contributed by atoms with E-state index in [1.807, 2.05) is 0 Å². The summed E-state index contributed by atoms with van der Waals surface area (Å²) in [7, 11) is 0. The van der Waals surface area contributed by atoms with Gasteiger partial charge in [0.2, 0.25) is 0 Å². The highest BCUT2D eigenvalue weighted by Crippen LogP contribution is 2.20. The molecule has 1 aliphatic rings. The molecule has 0 spiro atoms. The van der Waals surface area contributed by atoms with Crippen molar-refractivity contribution in [2.24, 2.45) is 0 Å². The Morgan fingerprint density at radius 1 is 1.15 bits per heavy atom. The maximum Gasteiger partial charge on any atom is 0.0584 e. The van der Waals surface area contributed by atoms with E-state index in [1.165, 1.54) is 26.1 Å². The summed E-state index contributed by atoms with van der Waals surface area (Å²) in [5.41, 5.74) is 0. The van der Waals surface area contributed by atoms with Crippen LogP contribution in [0.3, 0.4) is 0 Å². The summed E-state index contributed by atoms with van der Waals surface area (Å²) < 4.78 is 0. The maximum atomic E-state index is 4.59. The molecule has 0 aromatic heterocycles. The van der Waals surface area contributed by atoms with Gasteiger partial charge in [0.1, 0.15) is 0 Å². The van der Waals surface area contributed by atoms with Gasteiger partial charge in [-0.05, 0) is 26.8 Å². The first kappa shape index (κ1) is 11.3. The van der Waals surface area contributed by atoms with Gasteiger partial charge in [-0.15, -0.1) is 0 Å². The van der Waals surface area contributed by atoms with E-state index in [2.05, 4.69) is 43.2 Å². The van der Waals surface area contributed by atoms with Crippen molar-refractivity contribution in [2.75, 3.05) is 32.7 Å². The molecule has 78 valence electrons. The highest BCUT2D eigenvalue weighted by atomic mass is 32.1. The van der Waals surface area contributed by atoms with E-state index in [-0.39, 0.29) is 4.87 Å². The maximum absolute atomic E-state index is 4.59. The number of hydrogen-bond donors (Lipinski definition) is 1. The van der Waals surface area contributed by atoms with Crippen LogP contribution < -0.4 is 0 Å². The molecule has 3 heteroatoms. The van der Waals surface area contributed by atoms with Crippen LogP contribution in [0, 0.1) is 0 Å². The zero-order chi connectivity index (χ0) is 9.90. The number of piperazine rings is 1. The zero-order valence-electron chi connectivity index (χ0n) is 9.08. The Hall–Kier alpha value is 0.270. The molecule has 0 radical (unpaired) electrons. The largest absolute Gasteiger partial charge is 0.301 e. The second-order valence-corrected chi connectivity index (χ2v) is 5.42. The molecule has 0 aliphatic carbocycles. The SMILES string of the molecule is CCCN1CCN(C(C)(C)S)CC1. The number of nitrogens with zero attached hydrogens (tertiary/aromatic N) is 2. The van der Waals surface area contributed by atoms with E-state index in [9.17, 15) is 0 Å². The normalized spacial score (nSPS) is 22.2. The molecule has 1 heterocycles. The third-order valence-electron chi connectivity index (χ3n) is 2.69. The van der Waals surface area contributed by atoms with Crippen molar-refractivity contribution in [2.45, 2.75) is 32.1 Å². The van der Waals surface area contributed by atoms with Gasteiger partial charge in [-0.3, -0.25) is 4.90 Å². The summed E-state index contributed by atoms with van der Waals surface area (Å²) in [5, 5.41) is 0. The van der Waals surface area contributed by atoms with Crippen LogP contribution in [-0.4, -0.2) is 47.4 Å². The monoisotopic (exact) mass is 202 g/mol. The molecule has 1 fully saturated rings. The van der Waals surface area contributed by atoms with Crippen LogP contribution in [0.5, 0.6) is 0 Å². The molecule has 0 unspecified atom stereocenters. The first-order valence-electron chi connectivity index (χ1n) is 5.24. The summed E-state index contributed by atoms with van der Waals surface area (Å²) in [5.74, 6) is 0. The van der Waals surface area contributed by atoms with Crippen LogP contribution in [0.25, 0.3) is 0 Å². The van der Waals surface area contributed by atoms with Crippen molar-refractivity contribution >= 4 is 12.6 Å². The topological polar surface area (TPSA) is 6.48 Å². The lowest BCUT2D eigenvalue weighted by Gasteiger charge is -2.41. The molecule has 0 bridgehead atoms. The van der Waals surface area contributed by atoms with Crippen LogP contribution in [0.15, 0.2) is 0 Å². The summed E-state index contributed by atoms with van der Waals surface area (Å²) in [6.07, 6.45) is 1.27. The van der Waals surface area contributed by atoms with Crippen LogP contribution in [0.4, 0.5) is 0 Å². The standard InChI is InChI=1S/C10H22N2S/c1-4-5-11-6-8-12(9-7-11)10(2,3)13/h13H,4-9H2,1-3H3. The van der Waals surface area contributed by atoms with Crippen molar-refractivity contribution in [1.82, 2.24) is 9.80 Å². The molecule has 13 heavy (non-hydrogen) atoms. The summed E-state index contributed by atoms with van der Waals surface area (Å²) in [4.78, 5) is 5.04. The molecule has 1 saturated heterocycles. The molecular weight excluding hydrogens is 180 g/mol. The molecule has 0 atom stereocenters. The van der Waals surface area contributed by atoms with E-state index in [0.29, 0.717) is 0 Å². The van der Waals surface area contributed by atoms with Crippen molar-refractivity contribution in [3.63, 3.8) is 0 Å². The van der Waals surface area contributed by atoms with Crippen LogP contribution in [0.1, 0.15) is 27.2 Å².